The van der Waals surface area contributed by atoms with Crippen molar-refractivity contribution < 1.29 is 9.53 Å². The lowest BCUT2D eigenvalue weighted by Crippen LogP contribution is -2.37. The van der Waals surface area contributed by atoms with Crippen LogP contribution >= 0.6 is 0 Å². The van der Waals surface area contributed by atoms with E-state index in [1.54, 1.807) is 0 Å². The molecule has 1 amide bonds. The van der Waals surface area contributed by atoms with Crippen LogP contribution in [0.4, 0.5) is 5.69 Å². The Hall–Kier alpha value is -1.55. The van der Waals surface area contributed by atoms with Crippen LogP contribution in [0.1, 0.15) is 38.5 Å². The summed E-state index contributed by atoms with van der Waals surface area (Å²) >= 11 is 0. The Balaban J connectivity index is 1.52. The fourth-order valence-electron chi connectivity index (χ4n) is 3.14. The molecule has 1 saturated carbocycles. The van der Waals surface area contributed by atoms with E-state index < -0.39 is 0 Å². The first-order chi connectivity index (χ1) is 10.3. The minimum absolute atomic E-state index is 0.0909. The SMILES string of the molecule is O=C(Nc1ccc(OC2CCCC2)cc1)[C@H]1CCCNC1. The summed E-state index contributed by atoms with van der Waals surface area (Å²) in [5, 5.41) is 6.27. The Bertz CT molecular complexity index is 460. The number of nitrogens with one attached hydrogen (secondary N) is 2. The van der Waals surface area contributed by atoms with Crippen LogP contribution in [0.25, 0.3) is 0 Å². The minimum atomic E-state index is 0.0909. The summed E-state index contributed by atoms with van der Waals surface area (Å²) < 4.78 is 5.93. The fourth-order valence-corrected chi connectivity index (χ4v) is 3.14. The van der Waals surface area contributed by atoms with E-state index in [-0.39, 0.29) is 11.8 Å². The van der Waals surface area contributed by atoms with E-state index in [0.29, 0.717) is 6.10 Å². The van der Waals surface area contributed by atoms with Crippen LogP contribution in [-0.2, 0) is 4.79 Å². The molecule has 0 bridgehead atoms. The predicted molar refractivity (Wildman–Crippen MR) is 83.5 cm³/mol. The molecule has 1 aliphatic carbocycles. The van der Waals surface area contributed by atoms with Gasteiger partial charge in [0.1, 0.15) is 5.75 Å². The molecule has 0 radical (unpaired) electrons. The van der Waals surface area contributed by atoms with E-state index in [1.807, 2.05) is 24.3 Å². The molecule has 4 heteroatoms. The zero-order valence-corrected chi connectivity index (χ0v) is 12.4. The van der Waals surface area contributed by atoms with Gasteiger partial charge in [-0.05, 0) is 69.3 Å². The molecular formula is C17H24N2O2. The van der Waals surface area contributed by atoms with E-state index >= 15 is 0 Å². The quantitative estimate of drug-likeness (QED) is 0.895. The Kier molecular flexibility index (Phi) is 4.76. The highest BCUT2D eigenvalue weighted by molar-refractivity contribution is 5.92. The normalized spacial score (nSPS) is 23.0. The molecule has 2 N–H and O–H groups in total. The topological polar surface area (TPSA) is 50.4 Å². The summed E-state index contributed by atoms with van der Waals surface area (Å²) in [6.45, 7) is 1.81. The Morgan fingerprint density at radius 2 is 1.86 bits per heavy atom. The molecule has 1 aromatic rings. The first-order valence-electron chi connectivity index (χ1n) is 8.09. The summed E-state index contributed by atoms with van der Waals surface area (Å²) in [6, 6.07) is 7.76. The first-order valence-corrected chi connectivity index (χ1v) is 8.09. The van der Waals surface area contributed by atoms with Crippen molar-refractivity contribution >= 4 is 11.6 Å². The van der Waals surface area contributed by atoms with Crippen molar-refractivity contribution in [3.63, 3.8) is 0 Å². The van der Waals surface area contributed by atoms with Gasteiger partial charge < -0.3 is 15.4 Å². The van der Waals surface area contributed by atoms with Crippen LogP contribution in [0.5, 0.6) is 5.75 Å². The number of rotatable bonds is 4. The second kappa shape index (κ2) is 6.94. The lowest BCUT2D eigenvalue weighted by Gasteiger charge is -2.22. The smallest absolute Gasteiger partial charge is 0.228 e. The molecule has 0 unspecified atom stereocenters. The fraction of sp³-hybridized carbons (Fsp3) is 0.588. The van der Waals surface area contributed by atoms with E-state index in [9.17, 15) is 4.79 Å². The summed E-state index contributed by atoms with van der Waals surface area (Å²) in [5.41, 5.74) is 0.851. The van der Waals surface area contributed by atoms with Crippen molar-refractivity contribution in [2.75, 3.05) is 18.4 Å². The van der Waals surface area contributed by atoms with Gasteiger partial charge in [-0.1, -0.05) is 0 Å². The molecule has 1 atom stereocenters. The maximum Gasteiger partial charge on any atom is 0.228 e. The number of hydrogen-bond acceptors (Lipinski definition) is 3. The Morgan fingerprint density at radius 3 is 2.52 bits per heavy atom. The predicted octanol–water partition coefficient (Wildman–Crippen LogP) is 2.95. The maximum absolute atomic E-state index is 12.1. The van der Waals surface area contributed by atoms with Crippen LogP contribution in [-0.4, -0.2) is 25.1 Å². The molecule has 2 aliphatic rings. The molecule has 0 spiro atoms. The van der Waals surface area contributed by atoms with E-state index in [4.69, 9.17) is 4.74 Å². The molecule has 0 aromatic heterocycles. The highest BCUT2D eigenvalue weighted by atomic mass is 16.5. The number of anilines is 1. The molecule has 21 heavy (non-hydrogen) atoms. The van der Waals surface area contributed by atoms with Gasteiger partial charge in [0.25, 0.3) is 0 Å². The molecule has 3 rings (SSSR count). The van der Waals surface area contributed by atoms with Gasteiger partial charge in [-0.3, -0.25) is 4.79 Å². The van der Waals surface area contributed by atoms with Crippen LogP contribution in [0.3, 0.4) is 0 Å². The van der Waals surface area contributed by atoms with Gasteiger partial charge in [0.05, 0.1) is 12.0 Å². The molecule has 4 nitrogen and oxygen atoms in total. The molecule has 1 saturated heterocycles. The summed E-state index contributed by atoms with van der Waals surface area (Å²) in [7, 11) is 0. The van der Waals surface area contributed by atoms with Gasteiger partial charge >= 0.3 is 0 Å². The van der Waals surface area contributed by atoms with Gasteiger partial charge in [-0.15, -0.1) is 0 Å². The number of amides is 1. The highest BCUT2D eigenvalue weighted by Crippen LogP contribution is 2.25. The Morgan fingerprint density at radius 1 is 1.10 bits per heavy atom. The average molecular weight is 288 g/mol. The van der Waals surface area contributed by atoms with Gasteiger partial charge in [0.2, 0.25) is 5.91 Å². The van der Waals surface area contributed by atoms with Crippen molar-refractivity contribution in [1.29, 1.82) is 0 Å². The van der Waals surface area contributed by atoms with Gasteiger partial charge in [0.15, 0.2) is 0 Å². The second-order valence-electron chi connectivity index (χ2n) is 6.08. The van der Waals surface area contributed by atoms with E-state index in [0.717, 1.165) is 50.2 Å². The maximum atomic E-state index is 12.1. The third kappa shape index (κ3) is 3.97. The van der Waals surface area contributed by atoms with Crippen molar-refractivity contribution in [2.24, 2.45) is 5.92 Å². The van der Waals surface area contributed by atoms with Gasteiger partial charge in [-0.2, -0.15) is 0 Å². The van der Waals surface area contributed by atoms with Crippen molar-refractivity contribution in [3.8, 4) is 5.75 Å². The van der Waals surface area contributed by atoms with E-state index in [2.05, 4.69) is 10.6 Å². The number of carbonyl (C=O) groups excluding carboxylic acids is 1. The minimum Gasteiger partial charge on any atom is -0.490 e. The van der Waals surface area contributed by atoms with Crippen LogP contribution in [0, 0.1) is 5.92 Å². The number of carbonyl (C=O) groups is 1. The third-order valence-corrected chi connectivity index (χ3v) is 4.39. The second-order valence-corrected chi connectivity index (χ2v) is 6.08. The number of ether oxygens (including phenoxy) is 1. The van der Waals surface area contributed by atoms with Crippen LogP contribution in [0.2, 0.25) is 0 Å². The van der Waals surface area contributed by atoms with Crippen LogP contribution < -0.4 is 15.4 Å². The lowest BCUT2D eigenvalue weighted by molar-refractivity contribution is -0.120. The molecular weight excluding hydrogens is 264 g/mol. The number of hydrogen-bond donors (Lipinski definition) is 2. The molecule has 2 fully saturated rings. The van der Waals surface area contributed by atoms with Crippen molar-refractivity contribution in [3.05, 3.63) is 24.3 Å². The zero-order valence-electron chi connectivity index (χ0n) is 12.4. The highest BCUT2D eigenvalue weighted by Gasteiger charge is 2.21. The van der Waals surface area contributed by atoms with Crippen molar-refractivity contribution in [1.82, 2.24) is 5.32 Å². The molecule has 1 heterocycles. The zero-order chi connectivity index (χ0) is 14.5. The monoisotopic (exact) mass is 288 g/mol. The summed E-state index contributed by atoms with van der Waals surface area (Å²) in [4.78, 5) is 12.1. The standard InChI is InChI=1S/C17H24N2O2/c20-17(13-4-3-11-18-12-13)19-14-7-9-16(10-8-14)21-15-5-1-2-6-15/h7-10,13,15,18H,1-6,11-12H2,(H,19,20)/t13-/m0/s1. The largest absolute Gasteiger partial charge is 0.490 e. The summed E-state index contributed by atoms with van der Waals surface area (Å²) in [5.74, 6) is 1.11. The lowest BCUT2D eigenvalue weighted by atomic mass is 9.99. The number of piperidine rings is 1. The molecule has 1 aromatic carbocycles. The third-order valence-electron chi connectivity index (χ3n) is 4.39. The molecule has 114 valence electrons. The number of benzene rings is 1. The Labute approximate surface area is 126 Å². The van der Waals surface area contributed by atoms with Crippen molar-refractivity contribution in [2.45, 2.75) is 44.6 Å². The van der Waals surface area contributed by atoms with E-state index in [1.165, 1.54) is 12.8 Å². The molecule has 1 aliphatic heterocycles. The average Bonchev–Trinajstić information content (AvgIpc) is 3.03. The first kappa shape index (κ1) is 14.4. The van der Waals surface area contributed by atoms with Gasteiger partial charge in [0, 0.05) is 12.2 Å². The summed E-state index contributed by atoms with van der Waals surface area (Å²) in [6.07, 6.45) is 7.29. The van der Waals surface area contributed by atoms with Gasteiger partial charge in [-0.25, -0.2) is 0 Å². The van der Waals surface area contributed by atoms with Crippen LogP contribution in [0.15, 0.2) is 24.3 Å².